The fourth-order valence-corrected chi connectivity index (χ4v) is 3.62. The van der Waals surface area contributed by atoms with Crippen molar-refractivity contribution in [3.05, 3.63) is 35.4 Å². The molecule has 3 atom stereocenters. The summed E-state index contributed by atoms with van der Waals surface area (Å²) in [4.78, 5) is 0. The van der Waals surface area contributed by atoms with Crippen molar-refractivity contribution in [3.63, 3.8) is 0 Å². The van der Waals surface area contributed by atoms with E-state index in [1.807, 2.05) is 20.9 Å². The Morgan fingerprint density at radius 3 is 2.11 bits per heavy atom. The average molecular weight is 267 g/mol. The average Bonchev–Trinajstić information content (AvgIpc) is 2.39. The molecule has 1 aromatic rings. The van der Waals surface area contributed by atoms with Gasteiger partial charge in [-0.15, -0.1) is 0 Å². The fraction of sp³-hybridized carbons (Fsp3) is 0.600. The fourth-order valence-electron chi connectivity index (χ4n) is 2.20. The van der Waals surface area contributed by atoms with E-state index in [9.17, 15) is 4.21 Å². The van der Waals surface area contributed by atoms with E-state index in [0.717, 1.165) is 6.42 Å². The van der Waals surface area contributed by atoms with Crippen molar-refractivity contribution in [1.82, 2.24) is 5.32 Å². The molecule has 0 aliphatic carbocycles. The Hall–Kier alpha value is -0.670. The molecule has 0 saturated carbocycles. The molecule has 0 fully saturated rings. The van der Waals surface area contributed by atoms with E-state index in [0.29, 0.717) is 0 Å². The summed E-state index contributed by atoms with van der Waals surface area (Å²) in [6.07, 6.45) is 1.05. The van der Waals surface area contributed by atoms with Crippen LogP contribution in [-0.4, -0.2) is 21.8 Å². The van der Waals surface area contributed by atoms with Crippen molar-refractivity contribution in [1.29, 1.82) is 0 Å². The number of hydrogen-bond acceptors (Lipinski definition) is 2. The predicted octanol–water partition coefficient (Wildman–Crippen LogP) is 3.06. The zero-order valence-corrected chi connectivity index (χ0v) is 12.9. The van der Waals surface area contributed by atoms with E-state index in [1.54, 1.807) is 0 Å². The summed E-state index contributed by atoms with van der Waals surface area (Å²) in [7, 11) is 1.12. The Labute approximate surface area is 114 Å². The summed E-state index contributed by atoms with van der Waals surface area (Å²) in [5, 5.41) is 3.61. The molecule has 0 heterocycles. The summed E-state index contributed by atoms with van der Waals surface area (Å²) in [5.74, 6) is 0. The van der Waals surface area contributed by atoms with Crippen LogP contribution in [0.4, 0.5) is 0 Å². The predicted molar refractivity (Wildman–Crippen MR) is 80.4 cm³/mol. The molecule has 1 rings (SSSR count). The van der Waals surface area contributed by atoms with Gasteiger partial charge in [-0.25, -0.2) is 0 Å². The second-order valence-corrected chi connectivity index (χ2v) is 7.29. The monoisotopic (exact) mass is 267 g/mol. The molecule has 18 heavy (non-hydrogen) atoms. The maximum Gasteiger partial charge on any atom is 0.0517 e. The molecule has 0 radical (unpaired) electrons. The highest BCUT2D eigenvalue weighted by Gasteiger charge is 2.24. The number of hydrogen-bond donors (Lipinski definition) is 1. The van der Waals surface area contributed by atoms with Gasteiger partial charge in [0.1, 0.15) is 0 Å². The van der Waals surface area contributed by atoms with Crippen molar-refractivity contribution in [2.24, 2.45) is 0 Å². The van der Waals surface area contributed by atoms with Gasteiger partial charge < -0.3 is 5.32 Å². The van der Waals surface area contributed by atoms with E-state index < -0.39 is 10.8 Å². The summed E-state index contributed by atoms with van der Waals surface area (Å²) < 4.78 is 12.2. The minimum atomic E-state index is -0.817. The Morgan fingerprint density at radius 2 is 1.72 bits per heavy atom. The van der Waals surface area contributed by atoms with Gasteiger partial charge in [0.2, 0.25) is 0 Å². The first-order valence-electron chi connectivity index (χ1n) is 6.66. The molecular formula is C15H25NOS. The number of rotatable bonds is 6. The third-order valence-corrected chi connectivity index (χ3v) is 5.29. The molecule has 0 aliphatic rings. The maximum atomic E-state index is 12.2. The van der Waals surface area contributed by atoms with Crippen molar-refractivity contribution >= 4 is 10.8 Å². The SMILES string of the molecule is CCc1ccc(C(NC)C(C)S(=O)C(C)C)cc1. The second-order valence-electron chi connectivity index (χ2n) is 4.94. The Morgan fingerprint density at radius 1 is 1.17 bits per heavy atom. The van der Waals surface area contributed by atoms with Crippen molar-refractivity contribution in [2.75, 3.05) is 7.05 Å². The summed E-state index contributed by atoms with van der Waals surface area (Å²) in [6.45, 7) is 8.24. The van der Waals surface area contributed by atoms with Crippen LogP contribution < -0.4 is 5.32 Å². The van der Waals surface area contributed by atoms with Crippen LogP contribution in [0.15, 0.2) is 24.3 Å². The van der Waals surface area contributed by atoms with Crippen LogP contribution >= 0.6 is 0 Å². The molecule has 0 spiro atoms. The minimum absolute atomic E-state index is 0.113. The van der Waals surface area contributed by atoms with Gasteiger partial charge in [-0.2, -0.15) is 0 Å². The number of aryl methyl sites for hydroxylation is 1. The van der Waals surface area contributed by atoms with Gasteiger partial charge in [0.25, 0.3) is 0 Å². The molecule has 2 nitrogen and oxygen atoms in total. The van der Waals surface area contributed by atoms with Crippen molar-refractivity contribution in [3.8, 4) is 0 Å². The molecule has 0 saturated heterocycles. The van der Waals surface area contributed by atoms with E-state index in [2.05, 4.69) is 43.4 Å². The van der Waals surface area contributed by atoms with E-state index in [1.165, 1.54) is 11.1 Å². The first-order valence-corrected chi connectivity index (χ1v) is 7.94. The molecule has 0 aromatic heterocycles. The molecular weight excluding hydrogens is 242 g/mol. The van der Waals surface area contributed by atoms with Crippen LogP contribution in [0.5, 0.6) is 0 Å². The molecule has 3 heteroatoms. The summed E-state index contributed by atoms with van der Waals surface area (Å²) in [6, 6.07) is 8.76. The smallest absolute Gasteiger partial charge is 0.0517 e. The first-order chi connectivity index (χ1) is 8.51. The molecule has 0 bridgehead atoms. The third-order valence-electron chi connectivity index (χ3n) is 3.36. The molecule has 1 N–H and O–H groups in total. The number of benzene rings is 1. The Kier molecular flexibility index (Phi) is 6.03. The highest BCUT2D eigenvalue weighted by Crippen LogP contribution is 2.22. The molecule has 3 unspecified atom stereocenters. The highest BCUT2D eigenvalue weighted by atomic mass is 32.2. The summed E-state index contributed by atoms with van der Waals surface area (Å²) >= 11 is 0. The Bertz CT molecular complexity index is 386. The highest BCUT2D eigenvalue weighted by molar-refractivity contribution is 7.86. The van der Waals surface area contributed by atoms with E-state index in [4.69, 9.17) is 0 Å². The lowest BCUT2D eigenvalue weighted by Crippen LogP contribution is -2.33. The van der Waals surface area contributed by atoms with Gasteiger partial charge in [0.05, 0.1) is 5.25 Å². The van der Waals surface area contributed by atoms with Gasteiger partial charge >= 0.3 is 0 Å². The van der Waals surface area contributed by atoms with Crippen molar-refractivity contribution in [2.45, 2.75) is 50.7 Å². The van der Waals surface area contributed by atoms with E-state index >= 15 is 0 Å². The second kappa shape index (κ2) is 7.05. The van der Waals surface area contributed by atoms with Crippen LogP contribution in [-0.2, 0) is 17.2 Å². The van der Waals surface area contributed by atoms with Crippen LogP contribution in [0.2, 0.25) is 0 Å². The molecule has 102 valence electrons. The lowest BCUT2D eigenvalue weighted by Gasteiger charge is -2.25. The molecule has 0 aliphatic heterocycles. The third kappa shape index (κ3) is 3.66. The zero-order chi connectivity index (χ0) is 13.7. The van der Waals surface area contributed by atoms with Gasteiger partial charge in [-0.1, -0.05) is 45.0 Å². The topological polar surface area (TPSA) is 29.1 Å². The Balaban J connectivity index is 2.91. The van der Waals surface area contributed by atoms with Crippen LogP contribution in [0, 0.1) is 0 Å². The normalized spacial score (nSPS) is 16.6. The van der Waals surface area contributed by atoms with E-state index in [-0.39, 0.29) is 16.5 Å². The lowest BCUT2D eigenvalue weighted by molar-refractivity contribution is 0.567. The lowest BCUT2D eigenvalue weighted by atomic mass is 10.0. The minimum Gasteiger partial charge on any atom is -0.312 e. The summed E-state index contributed by atoms with van der Waals surface area (Å²) in [5.41, 5.74) is 2.56. The van der Waals surface area contributed by atoms with Crippen LogP contribution in [0.25, 0.3) is 0 Å². The quantitative estimate of drug-likeness (QED) is 0.858. The number of nitrogens with one attached hydrogen (secondary N) is 1. The molecule has 0 amide bonds. The van der Waals surface area contributed by atoms with Crippen molar-refractivity contribution < 1.29 is 4.21 Å². The zero-order valence-electron chi connectivity index (χ0n) is 12.1. The largest absolute Gasteiger partial charge is 0.312 e. The maximum absolute atomic E-state index is 12.2. The first kappa shape index (κ1) is 15.4. The standard InChI is InChI=1S/C15H25NOS/c1-6-13-7-9-14(10-8-13)15(16-5)12(4)18(17)11(2)3/h7-12,15-16H,6H2,1-5H3. The van der Waals surface area contributed by atoms with Gasteiger partial charge in [0.15, 0.2) is 0 Å². The van der Waals surface area contributed by atoms with Gasteiger partial charge in [-0.3, -0.25) is 4.21 Å². The van der Waals surface area contributed by atoms with Gasteiger partial charge in [-0.05, 0) is 31.5 Å². The van der Waals surface area contributed by atoms with Crippen LogP contribution in [0.1, 0.15) is 44.9 Å². The molecule has 1 aromatic carbocycles. The van der Waals surface area contributed by atoms with Crippen LogP contribution in [0.3, 0.4) is 0 Å². The van der Waals surface area contributed by atoms with Gasteiger partial charge in [0, 0.05) is 22.1 Å².